The number of carboxylic acid groups (broad SMARTS) is 1. The topological polar surface area (TPSA) is 110 Å². The van der Waals surface area contributed by atoms with Crippen LogP contribution in [-0.4, -0.2) is 46.3 Å². The lowest BCUT2D eigenvalue weighted by Gasteiger charge is -2.04. The zero-order valence-corrected chi connectivity index (χ0v) is 14.3. The predicted molar refractivity (Wildman–Crippen MR) is 86.0 cm³/mol. The number of thioether (sulfide) groups is 1. The second-order valence-corrected chi connectivity index (χ2v) is 6.30. The minimum absolute atomic E-state index is 0.0480. The molecule has 13 heteroatoms. The second kappa shape index (κ2) is 6.48. The first-order chi connectivity index (χ1) is 12.2. The third-order valence-electron chi connectivity index (χ3n) is 3.25. The van der Waals surface area contributed by atoms with Crippen molar-refractivity contribution >= 4 is 29.3 Å². The number of hydrogen-bond donors (Lipinski definition) is 2. The van der Waals surface area contributed by atoms with E-state index in [-0.39, 0.29) is 23.0 Å². The van der Waals surface area contributed by atoms with Gasteiger partial charge in [0.1, 0.15) is 23.5 Å². The average Bonchev–Trinajstić information content (AvgIpc) is 3.09. The molecule has 26 heavy (non-hydrogen) atoms. The zero-order chi connectivity index (χ0) is 19.1. The van der Waals surface area contributed by atoms with Gasteiger partial charge in [-0.05, 0) is 5.75 Å². The summed E-state index contributed by atoms with van der Waals surface area (Å²) < 4.78 is 40.8. The Balaban J connectivity index is 2.12. The molecule has 0 aliphatic carbocycles. The van der Waals surface area contributed by atoms with E-state index in [0.717, 1.165) is 16.9 Å². The van der Waals surface area contributed by atoms with Crippen molar-refractivity contribution in [2.24, 2.45) is 7.05 Å². The maximum absolute atomic E-state index is 12.8. The van der Waals surface area contributed by atoms with Crippen molar-refractivity contribution < 1.29 is 23.1 Å². The summed E-state index contributed by atoms with van der Waals surface area (Å²) in [5.41, 5.74) is -0.866. The summed E-state index contributed by atoms with van der Waals surface area (Å²) in [6.07, 6.45) is -4.94. The van der Waals surface area contributed by atoms with Crippen molar-refractivity contribution in [1.29, 1.82) is 0 Å². The van der Waals surface area contributed by atoms with Gasteiger partial charge in [0.15, 0.2) is 5.65 Å². The maximum atomic E-state index is 12.8. The molecule has 0 radical (unpaired) electrons. The molecule has 2 N–H and O–H groups in total. The van der Waals surface area contributed by atoms with Crippen LogP contribution in [0.1, 0.15) is 12.6 Å². The van der Waals surface area contributed by atoms with Crippen molar-refractivity contribution in [1.82, 2.24) is 29.4 Å². The van der Waals surface area contributed by atoms with E-state index in [2.05, 4.69) is 25.5 Å². The number of nitrogens with zero attached hydrogens (tertiary/aromatic N) is 6. The Labute approximate surface area is 148 Å². The highest BCUT2D eigenvalue weighted by atomic mass is 32.2. The third-order valence-corrected chi connectivity index (χ3v) is 4.21. The Morgan fingerprint density at radius 1 is 1.38 bits per heavy atom. The summed E-state index contributed by atoms with van der Waals surface area (Å²) in [5, 5.41) is 19.5. The number of carbonyl (C=O) groups is 1. The third kappa shape index (κ3) is 3.29. The van der Waals surface area contributed by atoms with Crippen LogP contribution in [0.3, 0.4) is 0 Å². The number of anilines is 1. The maximum Gasteiger partial charge on any atom is 0.433 e. The highest BCUT2D eigenvalue weighted by molar-refractivity contribution is 7.99. The van der Waals surface area contributed by atoms with Crippen molar-refractivity contribution in [3.63, 3.8) is 0 Å². The number of halogens is 3. The first kappa shape index (κ1) is 18.0. The average molecular weight is 387 g/mol. The van der Waals surface area contributed by atoms with Crippen molar-refractivity contribution in [2.75, 3.05) is 11.1 Å². The van der Waals surface area contributed by atoms with Crippen LogP contribution in [0.4, 0.5) is 23.8 Å². The number of aromatic nitrogens is 6. The van der Waals surface area contributed by atoms with Gasteiger partial charge >= 0.3 is 12.3 Å². The lowest BCUT2D eigenvalue weighted by atomic mass is 10.4. The number of fused-ring (bicyclic) bond motifs is 1. The van der Waals surface area contributed by atoms with Crippen LogP contribution < -0.4 is 5.32 Å². The van der Waals surface area contributed by atoms with Gasteiger partial charge in [-0.2, -0.15) is 18.3 Å². The molecule has 138 valence electrons. The molecule has 9 nitrogen and oxygen atoms in total. The van der Waals surface area contributed by atoms with Crippen LogP contribution in [0.15, 0.2) is 17.3 Å². The number of alkyl halides is 3. The molecule has 0 fully saturated rings. The van der Waals surface area contributed by atoms with Crippen LogP contribution in [0.5, 0.6) is 0 Å². The van der Waals surface area contributed by atoms with E-state index in [9.17, 15) is 18.0 Å². The molecule has 0 aliphatic rings. The van der Waals surface area contributed by atoms with Crippen molar-refractivity contribution in [3.05, 3.63) is 18.1 Å². The van der Waals surface area contributed by atoms with Gasteiger partial charge < -0.3 is 5.11 Å². The van der Waals surface area contributed by atoms with Gasteiger partial charge in [-0.25, -0.2) is 19.3 Å². The van der Waals surface area contributed by atoms with Gasteiger partial charge in [0.05, 0.1) is 4.90 Å². The van der Waals surface area contributed by atoms with Crippen LogP contribution >= 0.6 is 11.8 Å². The minimum Gasteiger partial charge on any atom is -0.465 e. The van der Waals surface area contributed by atoms with E-state index in [1.807, 2.05) is 6.92 Å². The van der Waals surface area contributed by atoms with E-state index < -0.39 is 18.0 Å². The second-order valence-electron chi connectivity index (χ2n) is 5.02. The number of rotatable bonds is 4. The Morgan fingerprint density at radius 3 is 2.73 bits per heavy atom. The molecule has 3 rings (SSSR count). The summed E-state index contributed by atoms with van der Waals surface area (Å²) in [7, 11) is 1.54. The van der Waals surface area contributed by atoms with Gasteiger partial charge in [0, 0.05) is 13.1 Å². The smallest absolute Gasteiger partial charge is 0.433 e. The molecule has 3 aromatic heterocycles. The van der Waals surface area contributed by atoms with Gasteiger partial charge in [0.25, 0.3) is 0 Å². The number of amides is 1. The van der Waals surface area contributed by atoms with Crippen LogP contribution in [0, 0.1) is 0 Å². The first-order valence-electron chi connectivity index (χ1n) is 7.20. The molecule has 0 atom stereocenters. The fourth-order valence-electron chi connectivity index (χ4n) is 2.22. The summed E-state index contributed by atoms with van der Waals surface area (Å²) in [6.45, 7) is 1.86. The predicted octanol–water partition coefficient (Wildman–Crippen LogP) is 2.75. The van der Waals surface area contributed by atoms with E-state index in [1.54, 1.807) is 0 Å². The Bertz CT molecular complexity index is 982. The van der Waals surface area contributed by atoms with E-state index in [4.69, 9.17) is 5.11 Å². The monoisotopic (exact) mass is 387 g/mol. The Morgan fingerprint density at radius 2 is 2.12 bits per heavy atom. The quantitative estimate of drug-likeness (QED) is 0.662. The largest absolute Gasteiger partial charge is 0.465 e. The van der Waals surface area contributed by atoms with Crippen LogP contribution in [0.25, 0.3) is 17.2 Å². The molecule has 0 saturated heterocycles. The molecular weight excluding hydrogens is 375 g/mol. The van der Waals surface area contributed by atoms with Gasteiger partial charge in [0.2, 0.25) is 5.82 Å². The molecule has 0 bridgehead atoms. The molecule has 0 saturated carbocycles. The van der Waals surface area contributed by atoms with E-state index >= 15 is 0 Å². The SMILES string of the molecule is CCSc1c(-c2nc3cc(C(F)(F)F)ncn3n2)nn(C)c1NC(=O)O. The van der Waals surface area contributed by atoms with Gasteiger partial charge in [-0.1, -0.05) is 6.92 Å². The Kier molecular flexibility index (Phi) is 4.48. The highest BCUT2D eigenvalue weighted by Gasteiger charge is 2.33. The lowest BCUT2D eigenvalue weighted by molar-refractivity contribution is -0.141. The number of nitrogens with one attached hydrogen (secondary N) is 1. The summed E-state index contributed by atoms with van der Waals surface area (Å²) in [4.78, 5) is 18.9. The molecule has 3 aromatic rings. The molecule has 0 unspecified atom stereocenters. The van der Waals surface area contributed by atoms with Crippen molar-refractivity contribution in [2.45, 2.75) is 18.0 Å². The normalized spacial score (nSPS) is 11.9. The van der Waals surface area contributed by atoms with Gasteiger partial charge in [-0.3, -0.25) is 10.00 Å². The highest BCUT2D eigenvalue weighted by Crippen LogP contribution is 2.36. The standard InChI is InChI=1S/C13H12F3N7O2S/c1-3-26-9-8(20-22(2)11(9)19-12(24)25)10-18-7-4-6(13(14,15)16)17-5-23(7)21-10/h4-5,19H,3H2,1-2H3,(H,24,25). The first-order valence-corrected chi connectivity index (χ1v) is 8.19. The van der Waals surface area contributed by atoms with Crippen molar-refractivity contribution in [3.8, 4) is 11.5 Å². The zero-order valence-electron chi connectivity index (χ0n) is 13.4. The molecule has 0 aromatic carbocycles. The summed E-state index contributed by atoms with van der Waals surface area (Å²) >= 11 is 1.31. The molecule has 0 spiro atoms. The number of hydrogen-bond acceptors (Lipinski definition) is 6. The number of aryl methyl sites for hydroxylation is 1. The summed E-state index contributed by atoms with van der Waals surface area (Å²) in [6, 6.07) is 0.780. The molecule has 3 heterocycles. The summed E-state index contributed by atoms with van der Waals surface area (Å²) in [5.74, 6) is 0.906. The fourth-order valence-corrected chi connectivity index (χ4v) is 3.10. The van der Waals surface area contributed by atoms with Crippen LogP contribution in [-0.2, 0) is 13.2 Å². The van der Waals surface area contributed by atoms with Crippen LogP contribution in [0.2, 0.25) is 0 Å². The lowest BCUT2D eigenvalue weighted by Crippen LogP contribution is -2.11. The molecule has 0 aliphatic heterocycles. The van der Waals surface area contributed by atoms with E-state index in [0.29, 0.717) is 10.6 Å². The molecular formula is C13H12F3N7O2S. The Hall–Kier alpha value is -2.83. The van der Waals surface area contributed by atoms with E-state index in [1.165, 1.54) is 23.5 Å². The molecule has 1 amide bonds. The van der Waals surface area contributed by atoms with Gasteiger partial charge in [-0.15, -0.1) is 16.9 Å². The minimum atomic E-state index is -4.60. The fraction of sp³-hybridized carbons (Fsp3) is 0.308.